The molecule has 5 rings (SSSR count). The molecule has 0 atom stereocenters. The van der Waals surface area contributed by atoms with Crippen molar-refractivity contribution in [3.63, 3.8) is 0 Å². The summed E-state index contributed by atoms with van der Waals surface area (Å²) in [5.41, 5.74) is 6.52. The fourth-order valence-electron chi connectivity index (χ4n) is 3.86. The highest BCUT2D eigenvalue weighted by Gasteiger charge is 2.19. The number of hydrogen-bond donors (Lipinski definition) is 2. The van der Waals surface area contributed by atoms with Gasteiger partial charge in [-0.25, -0.2) is 0 Å². The lowest BCUT2D eigenvalue weighted by Gasteiger charge is -2.10. The highest BCUT2D eigenvalue weighted by atomic mass is 35.5. The Labute approximate surface area is 200 Å². The zero-order valence-electron chi connectivity index (χ0n) is 16.6. The second-order valence-electron chi connectivity index (χ2n) is 7.44. The lowest BCUT2D eigenvalue weighted by atomic mass is 10.1. The standard InChI is InChI=1S/C25H16Cl2N2O2S/c26-17-10-16(11-18(27)13-17)22-7-8-23(31-22)24(30)29-25(32)28-19-5-6-21-15(12-19)9-14-3-1-2-4-20(14)21/h1-8,10-13H,9H2,(H2,28,29,30,32). The van der Waals surface area contributed by atoms with Crippen LogP contribution in [0.3, 0.4) is 0 Å². The Kier molecular flexibility index (Phi) is 5.47. The van der Waals surface area contributed by atoms with Gasteiger partial charge in [-0.2, -0.15) is 0 Å². The summed E-state index contributed by atoms with van der Waals surface area (Å²) >= 11 is 17.4. The molecule has 2 N–H and O–H groups in total. The van der Waals surface area contributed by atoms with E-state index in [-0.39, 0.29) is 10.9 Å². The van der Waals surface area contributed by atoms with Crippen molar-refractivity contribution < 1.29 is 9.21 Å². The van der Waals surface area contributed by atoms with Crippen LogP contribution in [0, 0.1) is 0 Å². The molecule has 0 aliphatic heterocycles. The topological polar surface area (TPSA) is 54.3 Å². The molecule has 0 saturated heterocycles. The van der Waals surface area contributed by atoms with Gasteiger partial charge in [-0.1, -0.05) is 53.5 Å². The van der Waals surface area contributed by atoms with Gasteiger partial charge < -0.3 is 9.73 Å². The molecule has 1 aromatic heterocycles. The third-order valence-corrected chi connectivity index (χ3v) is 5.90. The molecule has 1 heterocycles. The Hall–Kier alpha value is -3.12. The van der Waals surface area contributed by atoms with Crippen molar-refractivity contribution in [2.24, 2.45) is 0 Å². The van der Waals surface area contributed by atoms with Crippen molar-refractivity contribution in [2.45, 2.75) is 6.42 Å². The second-order valence-corrected chi connectivity index (χ2v) is 8.72. The zero-order chi connectivity index (χ0) is 22.2. The summed E-state index contributed by atoms with van der Waals surface area (Å²) < 4.78 is 5.67. The lowest BCUT2D eigenvalue weighted by molar-refractivity contribution is 0.0951. The summed E-state index contributed by atoms with van der Waals surface area (Å²) in [5.74, 6) is 0.164. The molecule has 1 amide bonds. The monoisotopic (exact) mass is 478 g/mol. The van der Waals surface area contributed by atoms with Gasteiger partial charge >= 0.3 is 0 Å². The van der Waals surface area contributed by atoms with Crippen LogP contribution in [0.1, 0.15) is 21.7 Å². The lowest BCUT2D eigenvalue weighted by Crippen LogP contribution is -2.33. The van der Waals surface area contributed by atoms with Gasteiger partial charge in [0.2, 0.25) is 0 Å². The third kappa shape index (κ3) is 4.15. The van der Waals surface area contributed by atoms with Gasteiger partial charge in [0.25, 0.3) is 5.91 Å². The Bertz CT molecular complexity index is 1360. The average Bonchev–Trinajstić information content (AvgIpc) is 3.38. The Morgan fingerprint density at radius 1 is 0.875 bits per heavy atom. The first-order valence-corrected chi connectivity index (χ1v) is 11.0. The molecule has 0 bridgehead atoms. The SMILES string of the molecule is O=C(NC(=S)Nc1ccc2c(c1)Cc1ccccc1-2)c1ccc(-c2cc(Cl)cc(Cl)c2)o1. The molecule has 0 radical (unpaired) electrons. The van der Waals surface area contributed by atoms with Gasteiger partial charge in [0.15, 0.2) is 10.9 Å². The van der Waals surface area contributed by atoms with Crippen LogP contribution in [0.4, 0.5) is 5.69 Å². The molecule has 0 saturated carbocycles. The number of furan rings is 1. The van der Waals surface area contributed by atoms with E-state index in [0.717, 1.165) is 12.1 Å². The molecular formula is C25H16Cl2N2O2S. The van der Waals surface area contributed by atoms with E-state index in [1.54, 1.807) is 30.3 Å². The number of hydrogen-bond acceptors (Lipinski definition) is 3. The molecule has 3 aromatic carbocycles. The van der Waals surface area contributed by atoms with Gasteiger partial charge in [-0.3, -0.25) is 10.1 Å². The van der Waals surface area contributed by atoms with Crippen molar-refractivity contribution >= 4 is 52.1 Å². The number of anilines is 1. The molecule has 1 aliphatic carbocycles. The zero-order valence-corrected chi connectivity index (χ0v) is 18.9. The minimum absolute atomic E-state index is 0.129. The maximum Gasteiger partial charge on any atom is 0.293 e. The highest BCUT2D eigenvalue weighted by molar-refractivity contribution is 7.80. The Balaban J connectivity index is 1.26. The Morgan fingerprint density at radius 2 is 1.62 bits per heavy atom. The number of thiocarbonyl (C=S) groups is 1. The average molecular weight is 479 g/mol. The van der Waals surface area contributed by atoms with Crippen LogP contribution in [0.25, 0.3) is 22.5 Å². The van der Waals surface area contributed by atoms with Crippen molar-refractivity contribution in [2.75, 3.05) is 5.32 Å². The number of benzene rings is 3. The predicted octanol–water partition coefficient (Wildman–Crippen LogP) is 6.95. The van der Waals surface area contributed by atoms with Crippen molar-refractivity contribution in [3.8, 4) is 22.5 Å². The molecule has 4 aromatic rings. The quantitative estimate of drug-likeness (QED) is 0.275. The van der Waals surface area contributed by atoms with Crippen LogP contribution in [-0.2, 0) is 6.42 Å². The van der Waals surface area contributed by atoms with E-state index in [9.17, 15) is 4.79 Å². The number of rotatable bonds is 3. The van der Waals surface area contributed by atoms with Gasteiger partial charge in [-0.15, -0.1) is 0 Å². The summed E-state index contributed by atoms with van der Waals surface area (Å²) in [4.78, 5) is 12.6. The first kappa shape index (κ1) is 20.8. The summed E-state index contributed by atoms with van der Waals surface area (Å²) in [6.07, 6.45) is 0.878. The van der Waals surface area contributed by atoms with Gasteiger partial charge in [0, 0.05) is 21.3 Å². The summed E-state index contributed by atoms with van der Waals surface area (Å²) in [6, 6.07) is 22.8. The van der Waals surface area contributed by atoms with Crippen LogP contribution in [0.2, 0.25) is 10.0 Å². The molecule has 4 nitrogen and oxygen atoms in total. The van der Waals surface area contributed by atoms with Gasteiger partial charge in [0.05, 0.1) is 0 Å². The number of carbonyl (C=O) groups is 1. The fourth-order valence-corrected chi connectivity index (χ4v) is 4.60. The number of fused-ring (bicyclic) bond motifs is 3. The normalized spacial score (nSPS) is 11.6. The second kappa shape index (κ2) is 8.43. The van der Waals surface area contributed by atoms with Gasteiger partial charge in [-0.05, 0) is 83.4 Å². The molecule has 0 unspecified atom stereocenters. The molecule has 0 spiro atoms. The number of nitrogens with one attached hydrogen (secondary N) is 2. The first-order chi connectivity index (χ1) is 15.5. The third-order valence-electron chi connectivity index (χ3n) is 5.26. The summed E-state index contributed by atoms with van der Waals surface area (Å²) in [7, 11) is 0. The van der Waals surface area contributed by atoms with Crippen LogP contribution >= 0.6 is 35.4 Å². The largest absolute Gasteiger partial charge is 0.451 e. The van der Waals surface area contributed by atoms with E-state index in [2.05, 4.69) is 41.0 Å². The molecule has 7 heteroatoms. The first-order valence-electron chi connectivity index (χ1n) is 9.86. The van der Waals surface area contributed by atoms with E-state index in [0.29, 0.717) is 21.4 Å². The van der Waals surface area contributed by atoms with E-state index in [4.69, 9.17) is 39.8 Å². The Morgan fingerprint density at radius 3 is 2.44 bits per heavy atom. The van der Waals surface area contributed by atoms with Gasteiger partial charge in [0.1, 0.15) is 5.76 Å². The van der Waals surface area contributed by atoms with Crippen LogP contribution in [0.15, 0.2) is 77.2 Å². The maximum atomic E-state index is 12.6. The van der Waals surface area contributed by atoms with Crippen LogP contribution in [-0.4, -0.2) is 11.0 Å². The number of halogens is 2. The number of carbonyl (C=O) groups excluding carboxylic acids is 1. The highest BCUT2D eigenvalue weighted by Crippen LogP contribution is 2.37. The maximum absolute atomic E-state index is 12.6. The van der Waals surface area contributed by atoms with Crippen LogP contribution in [0.5, 0.6) is 0 Å². The smallest absolute Gasteiger partial charge is 0.293 e. The van der Waals surface area contributed by atoms with Crippen LogP contribution < -0.4 is 10.6 Å². The van der Waals surface area contributed by atoms with E-state index in [1.807, 2.05) is 12.1 Å². The fraction of sp³-hybridized carbons (Fsp3) is 0.0400. The molecule has 1 aliphatic rings. The summed E-state index contributed by atoms with van der Waals surface area (Å²) in [6.45, 7) is 0. The molecular weight excluding hydrogens is 463 g/mol. The molecule has 158 valence electrons. The molecule has 32 heavy (non-hydrogen) atoms. The minimum Gasteiger partial charge on any atom is -0.451 e. The van der Waals surface area contributed by atoms with E-state index < -0.39 is 5.91 Å². The van der Waals surface area contributed by atoms with Crippen molar-refractivity contribution in [1.29, 1.82) is 0 Å². The van der Waals surface area contributed by atoms with E-state index >= 15 is 0 Å². The predicted molar refractivity (Wildman–Crippen MR) is 133 cm³/mol. The van der Waals surface area contributed by atoms with E-state index in [1.165, 1.54) is 22.3 Å². The number of amides is 1. The van der Waals surface area contributed by atoms with Crippen molar-refractivity contribution in [3.05, 3.63) is 99.7 Å². The van der Waals surface area contributed by atoms with Crippen molar-refractivity contribution in [1.82, 2.24) is 5.32 Å². The summed E-state index contributed by atoms with van der Waals surface area (Å²) in [5, 5.41) is 6.89. The minimum atomic E-state index is -0.449. The molecule has 0 fully saturated rings.